The first-order valence-electron chi connectivity index (χ1n) is 11.9. The van der Waals surface area contributed by atoms with E-state index in [0.29, 0.717) is 25.2 Å². The molecule has 0 unspecified atom stereocenters. The molecule has 8 heteroatoms. The van der Waals surface area contributed by atoms with Crippen molar-refractivity contribution in [2.45, 2.75) is 46.5 Å². The van der Waals surface area contributed by atoms with Crippen LogP contribution in [0.2, 0.25) is 0 Å². The Kier molecular flexibility index (Phi) is 6.45. The quantitative estimate of drug-likeness (QED) is 0.270. The number of amides is 1. The van der Waals surface area contributed by atoms with E-state index in [1.165, 1.54) is 18.3 Å². The number of carbonyl (C=O) groups excluding carboxylic acids is 3. The topological polar surface area (TPSA) is 81.5 Å². The minimum Gasteiger partial charge on any atom is -0.453 e. The van der Waals surface area contributed by atoms with Crippen LogP contribution in [0.3, 0.4) is 0 Å². The lowest BCUT2D eigenvalue weighted by Crippen LogP contribution is -2.42. The number of ketones is 1. The van der Waals surface area contributed by atoms with Crippen LogP contribution in [0.1, 0.15) is 46.0 Å². The molecule has 4 aromatic rings. The number of nitrogens with zero attached hydrogens (tertiary/aromatic N) is 3. The van der Waals surface area contributed by atoms with Gasteiger partial charge in [-0.1, -0.05) is 36.4 Å². The maximum absolute atomic E-state index is 13.5. The molecule has 1 aliphatic rings. The second-order valence-electron chi connectivity index (χ2n) is 9.18. The van der Waals surface area contributed by atoms with Crippen LogP contribution in [-0.4, -0.2) is 38.2 Å². The molecule has 0 radical (unpaired) electrons. The predicted octanol–water partition coefficient (Wildman–Crippen LogP) is 4.75. The number of ether oxygens (including phenoxy) is 1. The molecule has 184 valence electrons. The summed E-state index contributed by atoms with van der Waals surface area (Å²) in [5, 5.41) is 1.77. The van der Waals surface area contributed by atoms with Crippen LogP contribution in [-0.2, 0) is 34.0 Å². The van der Waals surface area contributed by atoms with E-state index >= 15 is 0 Å². The average molecular weight is 502 g/mol. The number of hydrogen-bond acceptors (Lipinski definition) is 6. The van der Waals surface area contributed by atoms with E-state index in [0.717, 1.165) is 32.9 Å². The highest BCUT2D eigenvalue weighted by Gasteiger charge is 2.37. The van der Waals surface area contributed by atoms with Crippen LogP contribution in [0.25, 0.3) is 11.0 Å². The third-order valence-corrected chi connectivity index (χ3v) is 7.57. The summed E-state index contributed by atoms with van der Waals surface area (Å²) in [7, 11) is 0. The molecule has 2 atom stereocenters. The number of benzene rings is 2. The van der Waals surface area contributed by atoms with Gasteiger partial charge in [0.15, 0.2) is 6.10 Å². The lowest BCUT2D eigenvalue weighted by atomic mass is 9.96. The molecule has 0 aliphatic carbocycles. The van der Waals surface area contributed by atoms with Crippen LogP contribution in [0.5, 0.6) is 0 Å². The molecule has 1 aliphatic heterocycles. The second kappa shape index (κ2) is 9.70. The largest absolute Gasteiger partial charge is 0.453 e. The van der Waals surface area contributed by atoms with Crippen molar-refractivity contribution in [3.05, 3.63) is 87.4 Å². The number of aromatic nitrogens is 2. The second-order valence-corrected chi connectivity index (χ2v) is 10.2. The molecule has 2 aromatic carbocycles. The number of aryl methyl sites for hydroxylation is 1. The maximum Gasteiger partial charge on any atom is 0.303 e. The number of imidazole rings is 1. The van der Waals surface area contributed by atoms with Crippen molar-refractivity contribution in [3.8, 4) is 0 Å². The van der Waals surface area contributed by atoms with E-state index < -0.39 is 18.0 Å². The molecule has 0 fully saturated rings. The summed E-state index contributed by atoms with van der Waals surface area (Å²) >= 11 is 1.46. The first-order chi connectivity index (χ1) is 17.3. The molecule has 0 saturated carbocycles. The van der Waals surface area contributed by atoms with Crippen LogP contribution in [0.4, 0.5) is 0 Å². The van der Waals surface area contributed by atoms with Crippen molar-refractivity contribution in [2.75, 3.05) is 0 Å². The molecule has 7 nitrogen and oxygen atoms in total. The SMILES string of the molecule is CC(=O)O[C@@H](C(=O)c1csc(Cn2c(C)nc3ccccc32)c1)[C@@H](C)C(=O)N1Cc2ccccc2C1. The summed E-state index contributed by atoms with van der Waals surface area (Å²) in [6, 6.07) is 17.6. The average Bonchev–Trinajstić information content (AvgIpc) is 3.59. The molecular weight excluding hydrogens is 474 g/mol. The number of hydrogen-bond donors (Lipinski definition) is 0. The van der Waals surface area contributed by atoms with Crippen LogP contribution in [0, 0.1) is 12.8 Å². The number of esters is 1. The van der Waals surface area contributed by atoms with Crippen LogP contribution < -0.4 is 0 Å². The van der Waals surface area contributed by atoms with E-state index in [9.17, 15) is 14.4 Å². The van der Waals surface area contributed by atoms with Crippen LogP contribution in [0.15, 0.2) is 60.0 Å². The fraction of sp³-hybridized carbons (Fsp3) is 0.286. The Labute approximate surface area is 213 Å². The van der Waals surface area contributed by atoms with E-state index in [-0.39, 0.29) is 11.7 Å². The first-order valence-corrected chi connectivity index (χ1v) is 12.8. The summed E-state index contributed by atoms with van der Waals surface area (Å²) in [4.78, 5) is 46.0. The van der Waals surface area contributed by atoms with Gasteiger partial charge in [-0.2, -0.15) is 0 Å². The fourth-order valence-electron chi connectivity index (χ4n) is 4.78. The van der Waals surface area contributed by atoms with Gasteiger partial charge in [0.05, 0.1) is 23.5 Å². The van der Waals surface area contributed by atoms with Gasteiger partial charge in [0.25, 0.3) is 0 Å². The van der Waals surface area contributed by atoms with Crippen molar-refractivity contribution in [1.29, 1.82) is 0 Å². The lowest BCUT2D eigenvalue weighted by molar-refractivity contribution is -0.151. The number of fused-ring (bicyclic) bond motifs is 2. The summed E-state index contributed by atoms with van der Waals surface area (Å²) in [6.45, 7) is 6.42. The Bertz CT molecular complexity index is 1450. The molecule has 0 N–H and O–H groups in total. The molecule has 0 spiro atoms. The fourth-order valence-corrected chi connectivity index (χ4v) is 5.64. The molecule has 2 aromatic heterocycles. The normalized spacial score (nSPS) is 14.5. The number of para-hydroxylation sites is 2. The first kappa shape index (κ1) is 23.9. The monoisotopic (exact) mass is 501 g/mol. The Morgan fingerprint density at radius 1 is 1.06 bits per heavy atom. The zero-order chi connectivity index (χ0) is 25.4. The van der Waals surface area contributed by atoms with Crippen molar-refractivity contribution in [2.24, 2.45) is 5.92 Å². The van der Waals surface area contributed by atoms with Gasteiger partial charge in [-0.15, -0.1) is 11.3 Å². The Hall–Kier alpha value is -3.78. The van der Waals surface area contributed by atoms with Crippen LogP contribution >= 0.6 is 11.3 Å². The van der Waals surface area contributed by atoms with E-state index in [1.54, 1.807) is 17.2 Å². The maximum atomic E-state index is 13.5. The minimum absolute atomic E-state index is 0.207. The molecular formula is C28H27N3O4S. The third-order valence-electron chi connectivity index (χ3n) is 6.65. The zero-order valence-corrected chi connectivity index (χ0v) is 21.2. The van der Waals surface area contributed by atoms with E-state index in [1.807, 2.05) is 61.5 Å². The molecule has 5 rings (SSSR count). The highest BCUT2D eigenvalue weighted by Crippen LogP contribution is 2.28. The van der Waals surface area contributed by atoms with Gasteiger partial charge in [0, 0.05) is 35.8 Å². The summed E-state index contributed by atoms with van der Waals surface area (Å²) in [5.41, 5.74) is 4.58. The molecule has 1 amide bonds. The Morgan fingerprint density at radius 2 is 1.72 bits per heavy atom. The molecule has 0 saturated heterocycles. The highest BCUT2D eigenvalue weighted by molar-refractivity contribution is 7.10. The highest BCUT2D eigenvalue weighted by atomic mass is 32.1. The standard InChI is InChI=1S/C28H27N3O4S/c1-17(28(34)30-13-20-8-4-5-9-21(20)14-30)27(35-19(3)32)26(33)22-12-23(36-16-22)15-31-18(2)29-24-10-6-7-11-25(24)31/h4-12,16-17,27H,13-15H2,1-3H3/t17-,27-/m1/s1. The third kappa shape index (κ3) is 4.56. The Morgan fingerprint density at radius 3 is 2.42 bits per heavy atom. The number of carbonyl (C=O) groups is 3. The smallest absolute Gasteiger partial charge is 0.303 e. The number of rotatable bonds is 7. The lowest BCUT2D eigenvalue weighted by Gasteiger charge is -2.26. The van der Waals surface area contributed by atoms with Gasteiger partial charge in [-0.3, -0.25) is 14.4 Å². The Balaban J connectivity index is 1.35. The summed E-state index contributed by atoms with van der Waals surface area (Å²) < 4.78 is 7.54. The van der Waals surface area contributed by atoms with Crippen molar-refractivity contribution in [1.82, 2.24) is 14.5 Å². The van der Waals surface area contributed by atoms with Crippen molar-refractivity contribution >= 4 is 40.0 Å². The van der Waals surface area contributed by atoms with Crippen molar-refractivity contribution in [3.63, 3.8) is 0 Å². The predicted molar refractivity (Wildman–Crippen MR) is 138 cm³/mol. The van der Waals surface area contributed by atoms with E-state index in [4.69, 9.17) is 4.74 Å². The van der Waals surface area contributed by atoms with Gasteiger partial charge in [-0.25, -0.2) is 4.98 Å². The summed E-state index contributed by atoms with van der Waals surface area (Å²) in [6.07, 6.45) is -1.18. The van der Waals surface area contributed by atoms with Gasteiger partial charge in [0.1, 0.15) is 5.82 Å². The number of thiophene rings is 1. The van der Waals surface area contributed by atoms with Gasteiger partial charge in [-0.05, 0) is 43.2 Å². The minimum atomic E-state index is -1.18. The number of Topliss-reactive ketones (excluding diaryl/α,β-unsaturated/α-hetero) is 1. The zero-order valence-electron chi connectivity index (χ0n) is 20.4. The van der Waals surface area contributed by atoms with Gasteiger partial charge >= 0.3 is 5.97 Å². The van der Waals surface area contributed by atoms with Gasteiger partial charge in [0.2, 0.25) is 11.7 Å². The van der Waals surface area contributed by atoms with Gasteiger partial charge < -0.3 is 14.2 Å². The van der Waals surface area contributed by atoms with E-state index in [2.05, 4.69) is 9.55 Å². The molecule has 0 bridgehead atoms. The molecule has 36 heavy (non-hydrogen) atoms. The molecule has 3 heterocycles. The summed E-state index contributed by atoms with van der Waals surface area (Å²) in [5.74, 6) is -1.08. The van der Waals surface area contributed by atoms with Crippen molar-refractivity contribution < 1.29 is 19.1 Å².